The largest absolute Gasteiger partial charge is 0.426 e. The summed E-state index contributed by atoms with van der Waals surface area (Å²) in [4.78, 5) is 9.54. The van der Waals surface area contributed by atoms with Gasteiger partial charge in [-0.25, -0.2) is 0 Å². The van der Waals surface area contributed by atoms with E-state index in [1.807, 2.05) is 42.5 Å². The van der Waals surface area contributed by atoms with Crippen molar-refractivity contribution in [3.8, 4) is 22.9 Å². The molecule has 0 amide bonds. The number of nitrogens with zero attached hydrogens (tertiary/aromatic N) is 1. The predicted octanol–water partition coefficient (Wildman–Crippen LogP) is 4.66. The molecule has 6 heteroatoms. The van der Waals surface area contributed by atoms with Crippen molar-refractivity contribution in [2.24, 2.45) is 0 Å². The number of aromatic amines is 2. The van der Waals surface area contributed by atoms with Crippen LogP contribution in [0, 0.1) is 9.54 Å². The Hall–Kier alpha value is -2.31. The fraction of sp³-hybridized carbons (Fsp3) is 0. The van der Waals surface area contributed by atoms with Crippen LogP contribution in [0.4, 0.5) is 0 Å². The molecule has 1 heterocycles. The molecule has 0 aliphatic carbocycles. The second-order valence-electron chi connectivity index (χ2n) is 4.29. The van der Waals surface area contributed by atoms with Crippen LogP contribution in [0.1, 0.15) is 0 Å². The van der Waals surface area contributed by atoms with Crippen LogP contribution in [0.15, 0.2) is 54.6 Å². The van der Waals surface area contributed by atoms with Crippen molar-refractivity contribution in [1.82, 2.24) is 15.0 Å². The summed E-state index contributed by atoms with van der Waals surface area (Å²) in [7, 11) is 0. The van der Waals surface area contributed by atoms with Crippen molar-refractivity contribution in [1.29, 1.82) is 0 Å². The van der Waals surface area contributed by atoms with E-state index in [0.29, 0.717) is 10.5 Å². The highest BCUT2D eigenvalue weighted by Crippen LogP contribution is 2.23. The second-order valence-corrected chi connectivity index (χ2v) is 5.09. The molecule has 3 aromatic rings. The Morgan fingerprint density at radius 2 is 1.48 bits per heavy atom. The Kier molecular flexibility index (Phi) is 3.89. The molecule has 0 radical (unpaired) electrons. The molecule has 0 aliphatic heterocycles. The van der Waals surface area contributed by atoms with E-state index in [4.69, 9.17) is 29.2 Å². The maximum Gasteiger partial charge on any atom is 0.304 e. The lowest BCUT2D eigenvalue weighted by molar-refractivity contribution is 0.437. The summed E-state index contributed by atoms with van der Waals surface area (Å²) in [5.74, 6) is 0.661. The average Bonchev–Trinajstić information content (AvgIpc) is 2.48. The van der Waals surface area contributed by atoms with E-state index in [-0.39, 0.29) is 10.8 Å². The Morgan fingerprint density at radius 1 is 0.810 bits per heavy atom. The van der Waals surface area contributed by atoms with Crippen molar-refractivity contribution >= 4 is 24.4 Å². The Bertz CT molecular complexity index is 826. The van der Waals surface area contributed by atoms with E-state index in [2.05, 4.69) is 27.1 Å². The smallest absolute Gasteiger partial charge is 0.304 e. The molecular weight excluding hydrogens is 302 g/mol. The summed E-state index contributed by atoms with van der Waals surface area (Å²) in [6.07, 6.45) is 0. The Morgan fingerprint density at radius 3 is 2.14 bits per heavy atom. The Labute approximate surface area is 131 Å². The molecule has 0 saturated heterocycles. The van der Waals surface area contributed by atoms with Crippen LogP contribution in [0.25, 0.3) is 11.1 Å². The molecule has 0 fully saturated rings. The average molecular weight is 313 g/mol. The van der Waals surface area contributed by atoms with E-state index in [9.17, 15) is 0 Å². The van der Waals surface area contributed by atoms with E-state index >= 15 is 0 Å². The molecule has 0 unspecified atom stereocenters. The SMILES string of the molecule is S=c1nc(Oc2ccc(-c3ccccc3)cc2)[nH]c(=S)[nH]1. The van der Waals surface area contributed by atoms with Gasteiger partial charge >= 0.3 is 6.01 Å². The standard InChI is InChI=1S/C15H11N3OS2/c20-14-16-13(17-15(21)18-14)19-12-8-6-11(7-9-12)10-4-2-1-3-5-10/h1-9H,(H2,16,17,18,20,21). The van der Waals surface area contributed by atoms with Gasteiger partial charge in [-0.15, -0.1) is 0 Å². The van der Waals surface area contributed by atoms with E-state index in [1.165, 1.54) is 0 Å². The number of hydrogen-bond donors (Lipinski definition) is 2. The number of nitrogens with one attached hydrogen (secondary N) is 2. The molecular formula is C15H11N3OS2. The second kappa shape index (κ2) is 5.99. The molecule has 2 N–H and O–H groups in total. The van der Waals surface area contributed by atoms with Crippen LogP contribution >= 0.6 is 24.4 Å². The van der Waals surface area contributed by atoms with Crippen LogP contribution in [0.2, 0.25) is 0 Å². The molecule has 104 valence electrons. The number of aromatic nitrogens is 3. The highest BCUT2D eigenvalue weighted by atomic mass is 32.1. The van der Waals surface area contributed by atoms with Gasteiger partial charge < -0.3 is 9.72 Å². The number of hydrogen-bond acceptors (Lipinski definition) is 4. The van der Waals surface area contributed by atoms with Gasteiger partial charge in [-0.05, 0) is 47.7 Å². The zero-order valence-electron chi connectivity index (χ0n) is 10.9. The van der Waals surface area contributed by atoms with Gasteiger partial charge in [0.2, 0.25) is 4.77 Å². The highest BCUT2D eigenvalue weighted by molar-refractivity contribution is 7.71. The molecule has 0 atom stereocenters. The highest BCUT2D eigenvalue weighted by Gasteiger charge is 2.01. The fourth-order valence-corrected chi connectivity index (χ4v) is 2.31. The molecule has 0 aliphatic rings. The Balaban J connectivity index is 1.85. The molecule has 1 aromatic heterocycles. The summed E-state index contributed by atoms with van der Waals surface area (Å²) in [6, 6.07) is 18.1. The monoisotopic (exact) mass is 313 g/mol. The predicted molar refractivity (Wildman–Crippen MR) is 86.6 cm³/mol. The molecule has 0 spiro atoms. The van der Waals surface area contributed by atoms with E-state index < -0.39 is 0 Å². The fourth-order valence-electron chi connectivity index (χ4n) is 1.88. The van der Waals surface area contributed by atoms with Crippen LogP contribution in [0.3, 0.4) is 0 Å². The number of ether oxygens (including phenoxy) is 1. The van der Waals surface area contributed by atoms with Crippen LogP contribution in [0.5, 0.6) is 11.8 Å². The topological polar surface area (TPSA) is 53.7 Å². The van der Waals surface area contributed by atoms with Crippen molar-refractivity contribution < 1.29 is 4.74 Å². The lowest BCUT2D eigenvalue weighted by Gasteiger charge is -2.06. The number of benzene rings is 2. The normalized spacial score (nSPS) is 10.3. The first-order valence-corrected chi connectivity index (χ1v) is 7.06. The summed E-state index contributed by atoms with van der Waals surface area (Å²) >= 11 is 9.94. The summed E-state index contributed by atoms with van der Waals surface area (Å²) in [5.41, 5.74) is 2.28. The minimum Gasteiger partial charge on any atom is -0.426 e. The van der Waals surface area contributed by atoms with Gasteiger partial charge in [0.25, 0.3) is 0 Å². The van der Waals surface area contributed by atoms with Gasteiger partial charge in [0.1, 0.15) is 5.75 Å². The number of H-pyrrole nitrogens is 2. The first-order chi connectivity index (χ1) is 10.2. The molecule has 3 rings (SSSR count). The van der Waals surface area contributed by atoms with E-state index in [0.717, 1.165) is 11.1 Å². The van der Waals surface area contributed by atoms with Crippen LogP contribution in [-0.4, -0.2) is 15.0 Å². The number of rotatable bonds is 3. The maximum absolute atomic E-state index is 5.61. The van der Waals surface area contributed by atoms with Crippen molar-refractivity contribution in [2.75, 3.05) is 0 Å². The van der Waals surface area contributed by atoms with Crippen LogP contribution < -0.4 is 4.74 Å². The minimum absolute atomic E-state index is 0.274. The minimum atomic E-state index is 0.274. The van der Waals surface area contributed by atoms with Gasteiger partial charge in [0.05, 0.1) is 0 Å². The summed E-state index contributed by atoms with van der Waals surface area (Å²) in [6.45, 7) is 0. The first kappa shape index (κ1) is 13.7. The summed E-state index contributed by atoms with van der Waals surface area (Å²) in [5, 5.41) is 0. The zero-order chi connectivity index (χ0) is 14.7. The van der Waals surface area contributed by atoms with Crippen LogP contribution in [-0.2, 0) is 0 Å². The quantitative estimate of drug-likeness (QED) is 0.691. The van der Waals surface area contributed by atoms with Crippen molar-refractivity contribution in [2.45, 2.75) is 0 Å². The lowest BCUT2D eigenvalue weighted by atomic mass is 10.1. The molecule has 21 heavy (non-hydrogen) atoms. The van der Waals surface area contributed by atoms with E-state index in [1.54, 1.807) is 0 Å². The van der Waals surface area contributed by atoms with Gasteiger partial charge in [-0.1, -0.05) is 42.5 Å². The molecule has 2 aromatic carbocycles. The maximum atomic E-state index is 5.61. The molecule has 0 saturated carbocycles. The third-order valence-electron chi connectivity index (χ3n) is 2.82. The lowest BCUT2D eigenvalue weighted by Crippen LogP contribution is -1.94. The van der Waals surface area contributed by atoms with Gasteiger partial charge in [0, 0.05) is 0 Å². The van der Waals surface area contributed by atoms with Crippen molar-refractivity contribution in [3.63, 3.8) is 0 Å². The molecule has 4 nitrogen and oxygen atoms in total. The first-order valence-electron chi connectivity index (χ1n) is 6.25. The van der Waals surface area contributed by atoms with Gasteiger partial charge in [-0.2, -0.15) is 4.98 Å². The zero-order valence-corrected chi connectivity index (χ0v) is 12.5. The van der Waals surface area contributed by atoms with Crippen molar-refractivity contribution in [3.05, 3.63) is 64.1 Å². The summed E-state index contributed by atoms with van der Waals surface area (Å²) < 4.78 is 6.28. The van der Waals surface area contributed by atoms with Gasteiger partial charge in [0.15, 0.2) is 4.77 Å². The third kappa shape index (κ3) is 3.42. The third-order valence-corrected chi connectivity index (χ3v) is 3.22. The van der Waals surface area contributed by atoms with Gasteiger partial charge in [-0.3, -0.25) is 4.98 Å². The molecule has 0 bridgehead atoms.